The van der Waals surface area contributed by atoms with Gasteiger partial charge in [0.15, 0.2) is 0 Å². The summed E-state index contributed by atoms with van der Waals surface area (Å²) in [5.41, 5.74) is 5.61. The molecule has 4 N–H and O–H groups in total. The van der Waals surface area contributed by atoms with Crippen molar-refractivity contribution in [2.75, 3.05) is 6.54 Å². The number of carboxylic acid groups (broad SMARTS) is 1. The third-order valence-electron chi connectivity index (χ3n) is 2.55. The monoisotopic (exact) mass is 230 g/mol. The van der Waals surface area contributed by atoms with Gasteiger partial charge < -0.3 is 16.2 Å². The summed E-state index contributed by atoms with van der Waals surface area (Å²) >= 11 is 0. The summed E-state index contributed by atoms with van der Waals surface area (Å²) in [4.78, 5) is 22.3. The highest BCUT2D eigenvalue weighted by Gasteiger charge is 2.23. The quantitative estimate of drug-likeness (QED) is 0.596. The number of rotatable bonds is 7. The second-order valence-corrected chi connectivity index (χ2v) is 4.33. The Bertz CT molecular complexity index is 241. The average Bonchev–Trinajstić information content (AvgIpc) is 2.16. The molecular weight excluding hydrogens is 208 g/mol. The molecule has 0 aliphatic rings. The maximum atomic E-state index is 11.5. The molecule has 0 heterocycles. The van der Waals surface area contributed by atoms with Crippen LogP contribution in [0.3, 0.4) is 0 Å². The smallest absolute Gasteiger partial charge is 0.308 e. The van der Waals surface area contributed by atoms with Gasteiger partial charge in [-0.05, 0) is 12.3 Å². The molecule has 0 aromatic rings. The van der Waals surface area contributed by atoms with Gasteiger partial charge in [-0.25, -0.2) is 0 Å². The van der Waals surface area contributed by atoms with E-state index in [-0.39, 0.29) is 18.4 Å². The van der Waals surface area contributed by atoms with E-state index in [1.165, 1.54) is 0 Å². The Morgan fingerprint density at radius 2 is 1.94 bits per heavy atom. The van der Waals surface area contributed by atoms with E-state index in [1.54, 1.807) is 0 Å². The SMILES string of the molecule is CCCC(N)C(=O)NCC(C(=O)O)C(C)C. The van der Waals surface area contributed by atoms with Crippen molar-refractivity contribution in [3.05, 3.63) is 0 Å². The maximum absolute atomic E-state index is 11.5. The number of aliphatic carboxylic acids is 1. The van der Waals surface area contributed by atoms with Crippen molar-refractivity contribution >= 4 is 11.9 Å². The van der Waals surface area contributed by atoms with Gasteiger partial charge in [-0.3, -0.25) is 9.59 Å². The first kappa shape index (κ1) is 14.9. The van der Waals surface area contributed by atoms with Crippen molar-refractivity contribution in [2.45, 2.75) is 39.7 Å². The summed E-state index contributed by atoms with van der Waals surface area (Å²) in [7, 11) is 0. The third kappa shape index (κ3) is 5.11. The van der Waals surface area contributed by atoms with Crippen LogP contribution in [0.15, 0.2) is 0 Å². The van der Waals surface area contributed by atoms with Crippen molar-refractivity contribution in [3.63, 3.8) is 0 Å². The number of carbonyl (C=O) groups excluding carboxylic acids is 1. The molecule has 0 aromatic heterocycles. The molecule has 0 spiro atoms. The van der Waals surface area contributed by atoms with Crippen LogP contribution < -0.4 is 11.1 Å². The summed E-state index contributed by atoms with van der Waals surface area (Å²) in [6.07, 6.45) is 1.45. The minimum Gasteiger partial charge on any atom is -0.481 e. The zero-order chi connectivity index (χ0) is 12.7. The van der Waals surface area contributed by atoms with E-state index in [1.807, 2.05) is 20.8 Å². The number of amides is 1. The minimum absolute atomic E-state index is 0.0137. The molecule has 94 valence electrons. The van der Waals surface area contributed by atoms with Crippen LogP contribution in [0.4, 0.5) is 0 Å². The Morgan fingerprint density at radius 1 is 1.38 bits per heavy atom. The number of hydrogen-bond acceptors (Lipinski definition) is 3. The molecule has 1 amide bonds. The number of carboxylic acids is 1. The Balaban J connectivity index is 4.11. The Kier molecular flexibility index (Phi) is 6.72. The lowest BCUT2D eigenvalue weighted by molar-refractivity contribution is -0.143. The normalized spacial score (nSPS) is 14.6. The van der Waals surface area contributed by atoms with Crippen molar-refractivity contribution in [2.24, 2.45) is 17.6 Å². The molecule has 16 heavy (non-hydrogen) atoms. The average molecular weight is 230 g/mol. The lowest BCUT2D eigenvalue weighted by atomic mass is 9.96. The second-order valence-electron chi connectivity index (χ2n) is 4.33. The largest absolute Gasteiger partial charge is 0.481 e. The second kappa shape index (κ2) is 7.22. The molecular formula is C11H22N2O3. The van der Waals surface area contributed by atoms with Gasteiger partial charge in [0.25, 0.3) is 0 Å². The van der Waals surface area contributed by atoms with Gasteiger partial charge in [0.1, 0.15) is 0 Å². The Labute approximate surface area is 96.4 Å². The zero-order valence-corrected chi connectivity index (χ0v) is 10.2. The Morgan fingerprint density at radius 3 is 2.31 bits per heavy atom. The summed E-state index contributed by atoms with van der Waals surface area (Å²) in [6, 6.07) is -0.536. The highest BCUT2D eigenvalue weighted by molar-refractivity contribution is 5.82. The number of nitrogens with two attached hydrogens (primary N) is 1. The molecule has 0 aliphatic heterocycles. The van der Waals surface area contributed by atoms with Crippen LogP contribution in [0.25, 0.3) is 0 Å². The fraction of sp³-hybridized carbons (Fsp3) is 0.818. The summed E-state index contributed by atoms with van der Waals surface area (Å²) < 4.78 is 0. The van der Waals surface area contributed by atoms with Crippen LogP contribution in [0.2, 0.25) is 0 Å². The molecule has 0 aliphatic carbocycles. The maximum Gasteiger partial charge on any atom is 0.308 e. The van der Waals surface area contributed by atoms with Crippen molar-refractivity contribution in [1.29, 1.82) is 0 Å². The summed E-state index contributed by atoms with van der Waals surface area (Å²) in [6.45, 7) is 5.72. The van der Waals surface area contributed by atoms with E-state index in [9.17, 15) is 9.59 Å². The summed E-state index contributed by atoms with van der Waals surface area (Å²) in [5, 5.41) is 11.5. The standard InChI is InChI=1S/C11H22N2O3/c1-4-5-9(12)10(14)13-6-8(7(2)3)11(15)16/h7-9H,4-6,12H2,1-3H3,(H,13,14)(H,15,16). The van der Waals surface area contributed by atoms with Crippen molar-refractivity contribution in [1.82, 2.24) is 5.32 Å². The molecule has 0 aromatic carbocycles. The zero-order valence-electron chi connectivity index (χ0n) is 10.2. The molecule has 5 nitrogen and oxygen atoms in total. The van der Waals surface area contributed by atoms with Gasteiger partial charge >= 0.3 is 5.97 Å². The molecule has 0 rings (SSSR count). The topological polar surface area (TPSA) is 92.4 Å². The molecule has 0 radical (unpaired) electrons. The van der Waals surface area contributed by atoms with Crippen LogP contribution in [0.1, 0.15) is 33.6 Å². The molecule has 0 fully saturated rings. The number of carbonyl (C=O) groups is 2. The number of hydrogen-bond donors (Lipinski definition) is 3. The summed E-state index contributed by atoms with van der Waals surface area (Å²) in [5.74, 6) is -1.73. The van der Waals surface area contributed by atoms with E-state index >= 15 is 0 Å². The van der Waals surface area contributed by atoms with E-state index in [2.05, 4.69) is 5.32 Å². The highest BCUT2D eigenvalue weighted by atomic mass is 16.4. The third-order valence-corrected chi connectivity index (χ3v) is 2.55. The first-order valence-corrected chi connectivity index (χ1v) is 5.66. The van der Waals surface area contributed by atoms with E-state index in [0.717, 1.165) is 6.42 Å². The first-order chi connectivity index (χ1) is 7.40. The van der Waals surface area contributed by atoms with Crippen LogP contribution in [-0.2, 0) is 9.59 Å². The predicted octanol–water partition coefficient (Wildman–Crippen LogP) is 0.587. The number of nitrogens with one attached hydrogen (secondary N) is 1. The lowest BCUT2D eigenvalue weighted by Crippen LogP contribution is -2.44. The van der Waals surface area contributed by atoms with Gasteiger partial charge in [-0.15, -0.1) is 0 Å². The van der Waals surface area contributed by atoms with Crippen LogP contribution in [0.5, 0.6) is 0 Å². The van der Waals surface area contributed by atoms with Gasteiger partial charge in [0.05, 0.1) is 12.0 Å². The highest BCUT2D eigenvalue weighted by Crippen LogP contribution is 2.09. The lowest BCUT2D eigenvalue weighted by Gasteiger charge is -2.18. The van der Waals surface area contributed by atoms with Crippen LogP contribution in [0, 0.1) is 11.8 Å². The van der Waals surface area contributed by atoms with Gasteiger partial charge in [0.2, 0.25) is 5.91 Å². The minimum atomic E-state index is -0.889. The van der Waals surface area contributed by atoms with Gasteiger partial charge in [-0.1, -0.05) is 27.2 Å². The molecule has 2 atom stereocenters. The van der Waals surface area contributed by atoms with Gasteiger partial charge in [-0.2, -0.15) is 0 Å². The fourth-order valence-corrected chi connectivity index (χ4v) is 1.39. The van der Waals surface area contributed by atoms with Crippen molar-refractivity contribution < 1.29 is 14.7 Å². The molecule has 5 heteroatoms. The Hall–Kier alpha value is -1.10. The van der Waals surface area contributed by atoms with E-state index in [0.29, 0.717) is 6.42 Å². The molecule has 0 saturated heterocycles. The predicted molar refractivity (Wildman–Crippen MR) is 61.9 cm³/mol. The molecule has 2 unspecified atom stereocenters. The van der Waals surface area contributed by atoms with Gasteiger partial charge in [0, 0.05) is 6.54 Å². The molecule has 0 bridgehead atoms. The van der Waals surface area contributed by atoms with Crippen LogP contribution in [-0.4, -0.2) is 29.6 Å². The van der Waals surface area contributed by atoms with E-state index in [4.69, 9.17) is 10.8 Å². The first-order valence-electron chi connectivity index (χ1n) is 5.66. The van der Waals surface area contributed by atoms with Crippen molar-refractivity contribution in [3.8, 4) is 0 Å². The molecule has 0 saturated carbocycles. The fourth-order valence-electron chi connectivity index (χ4n) is 1.39. The van der Waals surface area contributed by atoms with Crippen LogP contribution >= 0.6 is 0 Å². The van der Waals surface area contributed by atoms with E-state index < -0.39 is 17.9 Å².